The van der Waals surface area contributed by atoms with E-state index < -0.39 is 5.97 Å². The van der Waals surface area contributed by atoms with Crippen LogP contribution < -0.4 is 5.73 Å². The lowest BCUT2D eigenvalue weighted by Gasteiger charge is -2.33. The van der Waals surface area contributed by atoms with Gasteiger partial charge in [-0.15, -0.1) is 0 Å². The second-order valence-electron chi connectivity index (χ2n) is 6.02. The molecular formula is C18H21N3O3. The molecule has 6 heteroatoms. The summed E-state index contributed by atoms with van der Waals surface area (Å²) in [6.07, 6.45) is -0.155. The maximum atomic E-state index is 11.4. The van der Waals surface area contributed by atoms with E-state index in [-0.39, 0.29) is 6.10 Å². The zero-order valence-corrected chi connectivity index (χ0v) is 13.6. The lowest BCUT2D eigenvalue weighted by molar-refractivity contribution is -0.0350. The average molecular weight is 327 g/mol. The Morgan fingerprint density at radius 2 is 2.21 bits per heavy atom. The van der Waals surface area contributed by atoms with Crippen LogP contribution >= 0.6 is 0 Å². The van der Waals surface area contributed by atoms with Gasteiger partial charge in [-0.2, -0.15) is 0 Å². The number of carboxylic acid groups (broad SMARTS) is 1. The van der Waals surface area contributed by atoms with Gasteiger partial charge < -0.3 is 15.6 Å². The van der Waals surface area contributed by atoms with Gasteiger partial charge in [0.2, 0.25) is 0 Å². The third-order valence-electron chi connectivity index (χ3n) is 4.12. The highest BCUT2D eigenvalue weighted by molar-refractivity contribution is 5.89. The zero-order valence-electron chi connectivity index (χ0n) is 13.6. The van der Waals surface area contributed by atoms with Crippen LogP contribution in [-0.2, 0) is 11.3 Å². The molecule has 3 N–H and O–H groups in total. The molecule has 1 aromatic carbocycles. The van der Waals surface area contributed by atoms with Crippen molar-refractivity contribution in [2.45, 2.75) is 19.6 Å². The predicted molar refractivity (Wildman–Crippen MR) is 90.8 cm³/mol. The van der Waals surface area contributed by atoms with Crippen LogP contribution in [0.2, 0.25) is 0 Å². The number of nitrogens with zero attached hydrogens (tertiary/aromatic N) is 2. The Morgan fingerprint density at radius 1 is 1.42 bits per heavy atom. The van der Waals surface area contributed by atoms with Crippen LogP contribution in [0.25, 0.3) is 0 Å². The number of hydrogen-bond donors (Lipinski definition) is 2. The number of hydrogen-bond acceptors (Lipinski definition) is 5. The van der Waals surface area contributed by atoms with Gasteiger partial charge in [0.1, 0.15) is 6.10 Å². The van der Waals surface area contributed by atoms with Crippen LogP contribution in [0.5, 0.6) is 0 Å². The monoisotopic (exact) mass is 327 g/mol. The van der Waals surface area contributed by atoms with E-state index in [9.17, 15) is 9.90 Å². The van der Waals surface area contributed by atoms with Gasteiger partial charge in [-0.25, -0.2) is 4.79 Å². The molecule has 1 aliphatic rings. The van der Waals surface area contributed by atoms with Gasteiger partial charge in [-0.3, -0.25) is 9.88 Å². The summed E-state index contributed by atoms with van der Waals surface area (Å²) < 4.78 is 5.84. The van der Waals surface area contributed by atoms with Gasteiger partial charge >= 0.3 is 5.97 Å². The SMILES string of the molecule is Cc1cc(N)cc([C@@H]2CN(Cc3ccccc3C(=O)O)CCO2)n1. The predicted octanol–water partition coefficient (Wildman–Crippen LogP) is 2.24. The molecule has 0 aliphatic carbocycles. The number of pyridine rings is 1. The summed E-state index contributed by atoms with van der Waals surface area (Å²) in [7, 11) is 0. The van der Waals surface area contributed by atoms with E-state index in [1.165, 1.54) is 0 Å². The fourth-order valence-electron chi connectivity index (χ4n) is 3.02. The molecule has 0 radical (unpaired) electrons. The van der Waals surface area contributed by atoms with Crippen LogP contribution in [0.3, 0.4) is 0 Å². The molecule has 0 saturated carbocycles. The minimum Gasteiger partial charge on any atom is -0.478 e. The van der Waals surface area contributed by atoms with Crippen molar-refractivity contribution in [3.05, 3.63) is 58.9 Å². The Labute approximate surface area is 140 Å². The molecule has 1 aliphatic heterocycles. The summed E-state index contributed by atoms with van der Waals surface area (Å²) in [5.74, 6) is -0.900. The van der Waals surface area contributed by atoms with Crippen molar-refractivity contribution in [2.75, 3.05) is 25.4 Å². The Morgan fingerprint density at radius 3 is 2.96 bits per heavy atom. The molecule has 24 heavy (non-hydrogen) atoms. The maximum Gasteiger partial charge on any atom is 0.336 e. The Bertz CT molecular complexity index is 728. The van der Waals surface area contributed by atoms with Crippen molar-refractivity contribution >= 4 is 11.7 Å². The molecule has 0 unspecified atom stereocenters. The van der Waals surface area contributed by atoms with Crippen molar-refractivity contribution in [1.82, 2.24) is 9.88 Å². The number of nitrogen functional groups attached to an aromatic ring is 1. The first kappa shape index (κ1) is 16.4. The van der Waals surface area contributed by atoms with Crippen LogP contribution in [-0.4, -0.2) is 40.7 Å². The highest BCUT2D eigenvalue weighted by Crippen LogP contribution is 2.24. The molecule has 1 saturated heterocycles. The minimum atomic E-state index is -0.900. The number of anilines is 1. The Kier molecular flexibility index (Phi) is 4.78. The molecule has 0 amide bonds. The molecule has 2 aromatic rings. The summed E-state index contributed by atoms with van der Waals surface area (Å²) in [5, 5.41) is 9.32. The van der Waals surface area contributed by atoms with Gasteiger partial charge in [-0.05, 0) is 30.7 Å². The number of ether oxygens (including phenoxy) is 1. The molecule has 0 spiro atoms. The summed E-state index contributed by atoms with van der Waals surface area (Å²) in [4.78, 5) is 18.1. The normalized spacial score (nSPS) is 18.5. The number of aryl methyl sites for hydroxylation is 1. The number of aromatic carboxylic acids is 1. The van der Waals surface area contributed by atoms with Gasteiger partial charge in [0, 0.05) is 31.0 Å². The number of morpholine rings is 1. The summed E-state index contributed by atoms with van der Waals surface area (Å²) in [5.41, 5.74) is 9.42. The first-order valence-electron chi connectivity index (χ1n) is 7.92. The fraction of sp³-hybridized carbons (Fsp3) is 0.333. The molecule has 3 rings (SSSR count). The summed E-state index contributed by atoms with van der Waals surface area (Å²) in [6, 6.07) is 10.8. The van der Waals surface area contributed by atoms with E-state index in [0.29, 0.717) is 30.9 Å². The molecule has 1 atom stereocenters. The molecule has 1 aromatic heterocycles. The molecule has 1 fully saturated rings. The first-order chi connectivity index (χ1) is 11.5. The van der Waals surface area contributed by atoms with Crippen molar-refractivity contribution in [1.29, 1.82) is 0 Å². The number of carboxylic acids is 1. The first-order valence-corrected chi connectivity index (χ1v) is 7.92. The molecule has 126 valence electrons. The van der Waals surface area contributed by atoms with Crippen LogP contribution in [0.15, 0.2) is 36.4 Å². The van der Waals surface area contributed by atoms with E-state index >= 15 is 0 Å². The third kappa shape index (κ3) is 3.72. The van der Waals surface area contributed by atoms with Gasteiger partial charge in [-0.1, -0.05) is 18.2 Å². The largest absolute Gasteiger partial charge is 0.478 e. The van der Waals surface area contributed by atoms with Gasteiger partial charge in [0.25, 0.3) is 0 Å². The lowest BCUT2D eigenvalue weighted by Crippen LogP contribution is -2.38. The van der Waals surface area contributed by atoms with Crippen molar-refractivity contribution < 1.29 is 14.6 Å². The van der Waals surface area contributed by atoms with Crippen LogP contribution in [0, 0.1) is 6.92 Å². The van der Waals surface area contributed by atoms with Crippen molar-refractivity contribution in [3.8, 4) is 0 Å². The lowest BCUT2D eigenvalue weighted by atomic mass is 10.1. The Hall–Kier alpha value is -2.44. The van der Waals surface area contributed by atoms with E-state index in [0.717, 1.165) is 23.5 Å². The van der Waals surface area contributed by atoms with Gasteiger partial charge in [0.15, 0.2) is 0 Å². The number of rotatable bonds is 4. The highest BCUT2D eigenvalue weighted by atomic mass is 16.5. The molecule has 6 nitrogen and oxygen atoms in total. The number of aromatic nitrogens is 1. The third-order valence-corrected chi connectivity index (χ3v) is 4.12. The summed E-state index contributed by atoms with van der Waals surface area (Å²) >= 11 is 0. The standard InChI is InChI=1S/C18H21N3O3/c1-12-8-14(19)9-16(20-12)17-11-21(6-7-24-17)10-13-4-2-3-5-15(13)18(22)23/h2-5,8-9,17H,6-7,10-11H2,1H3,(H2,19,20)(H,22,23)/t17-/m0/s1. The van der Waals surface area contributed by atoms with E-state index in [1.54, 1.807) is 12.1 Å². The molecular weight excluding hydrogens is 306 g/mol. The maximum absolute atomic E-state index is 11.4. The van der Waals surface area contributed by atoms with E-state index in [1.807, 2.05) is 31.2 Å². The second-order valence-corrected chi connectivity index (χ2v) is 6.02. The average Bonchev–Trinajstić information content (AvgIpc) is 2.54. The van der Waals surface area contributed by atoms with Crippen LogP contribution in [0.4, 0.5) is 5.69 Å². The van der Waals surface area contributed by atoms with Gasteiger partial charge in [0.05, 0.1) is 17.9 Å². The van der Waals surface area contributed by atoms with Crippen molar-refractivity contribution in [3.63, 3.8) is 0 Å². The van der Waals surface area contributed by atoms with E-state index in [2.05, 4.69) is 9.88 Å². The number of benzene rings is 1. The second kappa shape index (κ2) is 6.98. The highest BCUT2D eigenvalue weighted by Gasteiger charge is 2.24. The van der Waals surface area contributed by atoms with Crippen molar-refractivity contribution in [2.24, 2.45) is 0 Å². The number of nitrogens with two attached hydrogens (primary N) is 1. The summed E-state index contributed by atoms with van der Waals surface area (Å²) in [6.45, 7) is 4.47. The molecule has 0 bridgehead atoms. The number of carbonyl (C=O) groups is 1. The van der Waals surface area contributed by atoms with Crippen LogP contribution in [0.1, 0.15) is 33.4 Å². The smallest absolute Gasteiger partial charge is 0.336 e. The van der Waals surface area contributed by atoms with E-state index in [4.69, 9.17) is 10.5 Å². The fourth-order valence-corrected chi connectivity index (χ4v) is 3.02. The topological polar surface area (TPSA) is 88.7 Å². The quantitative estimate of drug-likeness (QED) is 0.895. The minimum absolute atomic E-state index is 0.155. The zero-order chi connectivity index (χ0) is 17.1. The Balaban J connectivity index is 1.75. The molecule has 2 heterocycles.